The first-order valence-corrected chi connectivity index (χ1v) is 5.03. The first-order chi connectivity index (χ1) is 7.61. The normalized spacial score (nSPS) is 39.9. The third-order valence-corrected chi connectivity index (χ3v) is 2.42. The summed E-state index contributed by atoms with van der Waals surface area (Å²) in [6.07, 6.45) is -6.13. The minimum atomic E-state index is -1.40. The zero-order valence-electron chi connectivity index (χ0n) is 9.02. The summed E-state index contributed by atoms with van der Waals surface area (Å²) < 4.78 is 14.9. The van der Waals surface area contributed by atoms with Crippen LogP contribution in [0.2, 0.25) is 0 Å². The molecular weight excluding hydrogens is 220 g/mol. The Bertz CT molecular complexity index is 198. The highest BCUT2D eigenvalue weighted by Gasteiger charge is 2.43. The van der Waals surface area contributed by atoms with Crippen molar-refractivity contribution in [2.75, 3.05) is 26.9 Å². The van der Waals surface area contributed by atoms with Gasteiger partial charge < -0.3 is 34.6 Å². The van der Waals surface area contributed by atoms with Crippen LogP contribution in [0, 0.1) is 0 Å². The Balaban J connectivity index is 2.50. The van der Waals surface area contributed by atoms with Gasteiger partial charge in [-0.3, -0.25) is 0 Å². The Kier molecular flexibility index (Phi) is 5.56. The van der Waals surface area contributed by atoms with Gasteiger partial charge in [-0.2, -0.15) is 0 Å². The Labute approximate surface area is 93.2 Å². The fourth-order valence-electron chi connectivity index (χ4n) is 1.45. The maximum absolute atomic E-state index is 9.54. The molecule has 1 saturated heterocycles. The van der Waals surface area contributed by atoms with Crippen LogP contribution in [0.25, 0.3) is 0 Å². The van der Waals surface area contributed by atoms with E-state index in [4.69, 9.17) is 19.3 Å². The van der Waals surface area contributed by atoms with Crippen LogP contribution >= 0.6 is 0 Å². The molecule has 1 aliphatic heterocycles. The van der Waals surface area contributed by atoms with Gasteiger partial charge in [-0.05, 0) is 0 Å². The lowest BCUT2D eigenvalue weighted by Crippen LogP contribution is -2.59. The topological polar surface area (TPSA) is 109 Å². The van der Waals surface area contributed by atoms with Crippen molar-refractivity contribution >= 4 is 0 Å². The lowest BCUT2D eigenvalue weighted by atomic mass is 9.99. The van der Waals surface area contributed by atoms with Crippen molar-refractivity contribution in [3.8, 4) is 0 Å². The van der Waals surface area contributed by atoms with Gasteiger partial charge in [-0.25, -0.2) is 0 Å². The monoisotopic (exact) mass is 238 g/mol. The standard InChI is InChI=1S/C9H18O7/c1-14-2-3-15-9-8(13)7(12)6(11)5(4-10)16-9/h5-13H,2-4H2,1H3/t5-,6-,7+,8+,9?/m1/s1. The number of hydrogen-bond donors (Lipinski definition) is 4. The fraction of sp³-hybridized carbons (Fsp3) is 1.00. The molecule has 0 saturated carbocycles. The van der Waals surface area contributed by atoms with Crippen molar-refractivity contribution in [1.82, 2.24) is 0 Å². The maximum Gasteiger partial charge on any atom is 0.186 e. The second-order valence-electron chi connectivity index (χ2n) is 3.56. The molecule has 0 aromatic heterocycles. The molecule has 0 bridgehead atoms. The van der Waals surface area contributed by atoms with Crippen LogP contribution in [-0.4, -0.2) is 78.1 Å². The molecule has 1 unspecified atom stereocenters. The molecule has 0 spiro atoms. The van der Waals surface area contributed by atoms with E-state index < -0.39 is 37.3 Å². The first kappa shape index (κ1) is 13.8. The van der Waals surface area contributed by atoms with Crippen LogP contribution in [0.1, 0.15) is 0 Å². The summed E-state index contributed by atoms with van der Waals surface area (Å²) >= 11 is 0. The van der Waals surface area contributed by atoms with E-state index in [-0.39, 0.29) is 6.61 Å². The van der Waals surface area contributed by atoms with E-state index in [1.807, 2.05) is 0 Å². The van der Waals surface area contributed by atoms with Gasteiger partial charge in [0.2, 0.25) is 0 Å². The van der Waals surface area contributed by atoms with Crippen LogP contribution < -0.4 is 0 Å². The molecule has 0 aromatic carbocycles. The van der Waals surface area contributed by atoms with E-state index in [0.29, 0.717) is 6.61 Å². The Morgan fingerprint density at radius 3 is 2.31 bits per heavy atom. The number of ether oxygens (including phenoxy) is 3. The number of methoxy groups -OCH3 is 1. The molecular formula is C9H18O7. The Hall–Kier alpha value is -0.280. The van der Waals surface area contributed by atoms with Crippen molar-refractivity contribution < 1.29 is 34.6 Å². The predicted molar refractivity (Wildman–Crippen MR) is 51.6 cm³/mol. The highest BCUT2D eigenvalue weighted by atomic mass is 16.7. The van der Waals surface area contributed by atoms with Crippen LogP contribution in [-0.2, 0) is 14.2 Å². The SMILES string of the molecule is COCCOC1O[C@H](CO)[C@@H](O)[C@H](O)[C@@H]1O. The van der Waals surface area contributed by atoms with Gasteiger partial charge in [0.25, 0.3) is 0 Å². The molecule has 4 N–H and O–H groups in total. The van der Waals surface area contributed by atoms with Gasteiger partial charge in [-0.1, -0.05) is 0 Å². The zero-order valence-corrected chi connectivity index (χ0v) is 9.02. The van der Waals surface area contributed by atoms with Crippen LogP contribution in [0.3, 0.4) is 0 Å². The van der Waals surface area contributed by atoms with E-state index in [2.05, 4.69) is 0 Å². The van der Waals surface area contributed by atoms with Gasteiger partial charge in [0.15, 0.2) is 6.29 Å². The van der Waals surface area contributed by atoms with Crippen molar-refractivity contribution in [2.45, 2.75) is 30.7 Å². The Morgan fingerprint density at radius 2 is 1.75 bits per heavy atom. The summed E-state index contributed by atoms with van der Waals surface area (Å²) in [7, 11) is 1.50. The second-order valence-corrected chi connectivity index (χ2v) is 3.56. The lowest BCUT2D eigenvalue weighted by Gasteiger charge is -2.39. The number of rotatable bonds is 5. The van der Waals surface area contributed by atoms with Gasteiger partial charge in [0, 0.05) is 7.11 Å². The average Bonchev–Trinajstić information content (AvgIpc) is 2.29. The van der Waals surface area contributed by atoms with Gasteiger partial charge in [0.1, 0.15) is 24.4 Å². The largest absolute Gasteiger partial charge is 0.394 e. The molecule has 0 amide bonds. The molecule has 0 radical (unpaired) electrons. The Morgan fingerprint density at radius 1 is 1.06 bits per heavy atom. The quantitative estimate of drug-likeness (QED) is 0.390. The van der Waals surface area contributed by atoms with Gasteiger partial charge in [0.05, 0.1) is 19.8 Å². The number of aliphatic hydroxyl groups is 4. The molecule has 16 heavy (non-hydrogen) atoms. The lowest BCUT2D eigenvalue weighted by molar-refractivity contribution is -0.302. The van der Waals surface area contributed by atoms with Crippen molar-refractivity contribution in [2.24, 2.45) is 0 Å². The fourth-order valence-corrected chi connectivity index (χ4v) is 1.45. The summed E-state index contributed by atoms with van der Waals surface area (Å²) in [5.41, 5.74) is 0. The molecule has 1 fully saturated rings. The minimum absolute atomic E-state index is 0.180. The third-order valence-electron chi connectivity index (χ3n) is 2.42. The van der Waals surface area contributed by atoms with Gasteiger partial charge in [-0.15, -0.1) is 0 Å². The van der Waals surface area contributed by atoms with E-state index in [0.717, 1.165) is 0 Å². The second kappa shape index (κ2) is 6.45. The average molecular weight is 238 g/mol. The molecule has 7 heteroatoms. The molecule has 5 atom stereocenters. The smallest absolute Gasteiger partial charge is 0.186 e. The van der Waals surface area contributed by atoms with E-state index in [9.17, 15) is 15.3 Å². The molecule has 0 aromatic rings. The summed E-state index contributed by atoms with van der Waals surface area (Å²) in [5, 5.41) is 37.3. The molecule has 0 aliphatic carbocycles. The van der Waals surface area contributed by atoms with Gasteiger partial charge >= 0.3 is 0 Å². The minimum Gasteiger partial charge on any atom is -0.394 e. The van der Waals surface area contributed by atoms with Crippen molar-refractivity contribution in [3.63, 3.8) is 0 Å². The molecule has 1 aliphatic rings. The summed E-state index contributed by atoms with van der Waals surface area (Å²) in [6.45, 7) is 0.0310. The van der Waals surface area contributed by atoms with Crippen molar-refractivity contribution in [3.05, 3.63) is 0 Å². The molecule has 7 nitrogen and oxygen atoms in total. The van der Waals surface area contributed by atoms with E-state index in [1.165, 1.54) is 7.11 Å². The highest BCUT2D eigenvalue weighted by molar-refractivity contribution is 4.88. The summed E-state index contributed by atoms with van der Waals surface area (Å²) in [4.78, 5) is 0. The first-order valence-electron chi connectivity index (χ1n) is 5.03. The highest BCUT2D eigenvalue weighted by Crippen LogP contribution is 2.21. The predicted octanol–water partition coefficient (Wildman–Crippen LogP) is -2.55. The van der Waals surface area contributed by atoms with Crippen LogP contribution in [0.15, 0.2) is 0 Å². The van der Waals surface area contributed by atoms with Crippen LogP contribution in [0.4, 0.5) is 0 Å². The summed E-state index contributed by atoms with van der Waals surface area (Å²) in [5.74, 6) is 0. The number of hydrogen-bond acceptors (Lipinski definition) is 7. The third kappa shape index (κ3) is 3.11. The summed E-state index contributed by atoms with van der Waals surface area (Å²) in [6, 6.07) is 0. The van der Waals surface area contributed by atoms with Crippen molar-refractivity contribution in [1.29, 1.82) is 0 Å². The molecule has 1 rings (SSSR count). The van der Waals surface area contributed by atoms with E-state index >= 15 is 0 Å². The van der Waals surface area contributed by atoms with Crippen LogP contribution in [0.5, 0.6) is 0 Å². The zero-order chi connectivity index (χ0) is 12.1. The van der Waals surface area contributed by atoms with E-state index in [1.54, 1.807) is 0 Å². The number of aliphatic hydroxyl groups excluding tert-OH is 4. The maximum atomic E-state index is 9.54. The molecule has 1 heterocycles. The molecule has 96 valence electrons.